The molecule has 0 aliphatic carbocycles. The van der Waals surface area contributed by atoms with E-state index in [2.05, 4.69) is 20.8 Å². The first-order chi connectivity index (χ1) is 8.61. The fourth-order valence-electron chi connectivity index (χ4n) is 1.86. The molecule has 2 rings (SSSR count). The molecule has 2 nitrogen and oxygen atoms in total. The Morgan fingerprint density at radius 1 is 1.17 bits per heavy atom. The average Bonchev–Trinajstić information content (AvgIpc) is 2.35. The van der Waals surface area contributed by atoms with Crippen LogP contribution in [-0.4, -0.2) is 6.54 Å². The Kier molecular flexibility index (Phi) is 3.87. The highest BCUT2D eigenvalue weighted by molar-refractivity contribution is 9.10. The van der Waals surface area contributed by atoms with Crippen molar-refractivity contribution in [2.75, 3.05) is 17.2 Å². The lowest BCUT2D eigenvalue weighted by Gasteiger charge is -2.24. The number of nitrogens with two attached hydrogens (primary N) is 1. The van der Waals surface area contributed by atoms with E-state index in [0.29, 0.717) is 5.69 Å². The van der Waals surface area contributed by atoms with Gasteiger partial charge in [-0.25, -0.2) is 4.39 Å². The molecular weight excluding hydrogens is 295 g/mol. The normalized spacial score (nSPS) is 10.4. The summed E-state index contributed by atoms with van der Waals surface area (Å²) in [5.41, 5.74) is 8.40. The minimum atomic E-state index is -0.230. The highest BCUT2D eigenvalue weighted by Gasteiger charge is 2.10. The van der Waals surface area contributed by atoms with Gasteiger partial charge >= 0.3 is 0 Å². The van der Waals surface area contributed by atoms with Gasteiger partial charge in [-0.2, -0.15) is 0 Å². The number of anilines is 3. The molecule has 18 heavy (non-hydrogen) atoms. The summed E-state index contributed by atoms with van der Waals surface area (Å²) in [6.45, 7) is 2.83. The van der Waals surface area contributed by atoms with Crippen LogP contribution in [0.2, 0.25) is 0 Å². The molecule has 0 atom stereocenters. The standard InChI is InChI=1S/C14H14BrFN2/c1-2-18(12-6-3-10(16)4-7-12)14-8-5-11(17)9-13(14)15/h3-9H,2,17H2,1H3. The third kappa shape index (κ3) is 2.64. The van der Waals surface area contributed by atoms with Gasteiger partial charge in [0.15, 0.2) is 0 Å². The van der Waals surface area contributed by atoms with Gasteiger partial charge in [-0.1, -0.05) is 0 Å². The van der Waals surface area contributed by atoms with E-state index in [1.165, 1.54) is 12.1 Å². The number of benzene rings is 2. The number of rotatable bonds is 3. The van der Waals surface area contributed by atoms with E-state index in [4.69, 9.17) is 5.73 Å². The van der Waals surface area contributed by atoms with Crippen LogP contribution in [0.1, 0.15) is 6.92 Å². The van der Waals surface area contributed by atoms with Crippen molar-refractivity contribution < 1.29 is 4.39 Å². The predicted molar refractivity (Wildman–Crippen MR) is 77.6 cm³/mol. The summed E-state index contributed by atoms with van der Waals surface area (Å²) in [6, 6.07) is 12.1. The molecule has 0 spiro atoms. The molecule has 0 aliphatic heterocycles. The van der Waals surface area contributed by atoms with E-state index in [0.717, 1.165) is 22.4 Å². The van der Waals surface area contributed by atoms with Crippen LogP contribution in [0.15, 0.2) is 46.9 Å². The summed E-state index contributed by atoms with van der Waals surface area (Å²) in [4.78, 5) is 2.09. The number of hydrogen-bond acceptors (Lipinski definition) is 2. The predicted octanol–water partition coefficient (Wildman–Crippen LogP) is 4.33. The van der Waals surface area contributed by atoms with Crippen LogP contribution in [0, 0.1) is 5.82 Å². The first-order valence-corrected chi connectivity index (χ1v) is 6.49. The SMILES string of the molecule is CCN(c1ccc(F)cc1)c1ccc(N)cc1Br. The molecule has 0 aromatic heterocycles. The molecule has 4 heteroatoms. The Labute approximate surface area is 114 Å². The monoisotopic (exact) mass is 308 g/mol. The molecule has 0 fully saturated rings. The van der Waals surface area contributed by atoms with E-state index in [1.54, 1.807) is 12.1 Å². The van der Waals surface area contributed by atoms with Crippen LogP contribution in [0.5, 0.6) is 0 Å². The van der Waals surface area contributed by atoms with Crippen molar-refractivity contribution in [2.24, 2.45) is 0 Å². The van der Waals surface area contributed by atoms with Crippen LogP contribution in [0.3, 0.4) is 0 Å². The summed E-state index contributed by atoms with van der Waals surface area (Å²) >= 11 is 3.50. The van der Waals surface area contributed by atoms with Gasteiger partial charge in [0.2, 0.25) is 0 Å². The van der Waals surface area contributed by atoms with Crippen molar-refractivity contribution in [3.05, 3.63) is 52.8 Å². The quantitative estimate of drug-likeness (QED) is 0.855. The molecule has 2 aromatic carbocycles. The number of nitrogen functional groups attached to an aromatic ring is 1. The maximum atomic E-state index is 12.9. The molecule has 0 aliphatic rings. The number of hydrogen-bond donors (Lipinski definition) is 1. The second-order valence-corrected chi connectivity index (χ2v) is 4.79. The zero-order chi connectivity index (χ0) is 13.1. The summed E-state index contributed by atoms with van der Waals surface area (Å²) < 4.78 is 13.9. The lowest BCUT2D eigenvalue weighted by molar-refractivity contribution is 0.628. The summed E-state index contributed by atoms with van der Waals surface area (Å²) in [5.74, 6) is -0.230. The zero-order valence-corrected chi connectivity index (χ0v) is 11.6. The molecule has 0 heterocycles. The van der Waals surface area contributed by atoms with Crippen LogP contribution in [0.25, 0.3) is 0 Å². The molecule has 2 aromatic rings. The Hall–Kier alpha value is -1.55. The third-order valence-corrected chi connectivity index (χ3v) is 3.35. The van der Waals surface area contributed by atoms with E-state index in [9.17, 15) is 4.39 Å². The minimum absolute atomic E-state index is 0.230. The van der Waals surface area contributed by atoms with Gasteiger partial charge < -0.3 is 10.6 Å². The Morgan fingerprint density at radius 3 is 2.39 bits per heavy atom. The van der Waals surface area contributed by atoms with Gasteiger partial charge in [-0.3, -0.25) is 0 Å². The second kappa shape index (κ2) is 5.40. The number of nitrogens with zero attached hydrogens (tertiary/aromatic N) is 1. The topological polar surface area (TPSA) is 29.3 Å². The lowest BCUT2D eigenvalue weighted by atomic mass is 10.2. The van der Waals surface area contributed by atoms with Crippen molar-refractivity contribution in [1.29, 1.82) is 0 Å². The molecular formula is C14H14BrFN2. The van der Waals surface area contributed by atoms with Crippen LogP contribution in [0.4, 0.5) is 21.5 Å². The molecule has 2 N–H and O–H groups in total. The van der Waals surface area contributed by atoms with Crippen LogP contribution < -0.4 is 10.6 Å². The maximum Gasteiger partial charge on any atom is 0.123 e. The van der Waals surface area contributed by atoms with Gasteiger partial charge in [0.05, 0.1) is 5.69 Å². The highest BCUT2D eigenvalue weighted by atomic mass is 79.9. The van der Waals surface area contributed by atoms with Crippen molar-refractivity contribution in [3.63, 3.8) is 0 Å². The Balaban J connectivity index is 2.41. The maximum absolute atomic E-state index is 12.9. The van der Waals surface area contributed by atoms with E-state index < -0.39 is 0 Å². The Morgan fingerprint density at radius 2 is 1.83 bits per heavy atom. The van der Waals surface area contributed by atoms with Gasteiger partial charge in [0, 0.05) is 22.4 Å². The Bertz CT molecular complexity index is 540. The average molecular weight is 309 g/mol. The van der Waals surface area contributed by atoms with Crippen molar-refractivity contribution >= 4 is 33.0 Å². The molecule has 0 amide bonds. The second-order valence-electron chi connectivity index (χ2n) is 3.93. The van der Waals surface area contributed by atoms with Gasteiger partial charge in [-0.15, -0.1) is 0 Å². The van der Waals surface area contributed by atoms with Crippen LogP contribution in [-0.2, 0) is 0 Å². The number of halogens is 2. The molecule has 0 saturated heterocycles. The van der Waals surface area contributed by atoms with Crippen molar-refractivity contribution in [3.8, 4) is 0 Å². The van der Waals surface area contributed by atoms with E-state index in [1.807, 2.05) is 25.1 Å². The largest absolute Gasteiger partial charge is 0.399 e. The smallest absolute Gasteiger partial charge is 0.123 e. The summed E-state index contributed by atoms with van der Waals surface area (Å²) in [5, 5.41) is 0. The first kappa shape index (κ1) is 12.9. The van der Waals surface area contributed by atoms with Crippen molar-refractivity contribution in [1.82, 2.24) is 0 Å². The molecule has 0 bridgehead atoms. The van der Waals surface area contributed by atoms with Crippen molar-refractivity contribution in [2.45, 2.75) is 6.92 Å². The summed E-state index contributed by atoms with van der Waals surface area (Å²) in [6.07, 6.45) is 0. The molecule has 94 valence electrons. The molecule has 0 unspecified atom stereocenters. The molecule has 0 saturated carbocycles. The zero-order valence-electron chi connectivity index (χ0n) is 10.0. The van der Waals surface area contributed by atoms with E-state index in [-0.39, 0.29) is 5.82 Å². The molecule has 0 radical (unpaired) electrons. The van der Waals surface area contributed by atoms with E-state index >= 15 is 0 Å². The first-order valence-electron chi connectivity index (χ1n) is 5.70. The summed E-state index contributed by atoms with van der Waals surface area (Å²) in [7, 11) is 0. The van der Waals surface area contributed by atoms with Crippen LogP contribution >= 0.6 is 15.9 Å². The van der Waals surface area contributed by atoms with Gasteiger partial charge in [0.25, 0.3) is 0 Å². The fraction of sp³-hybridized carbons (Fsp3) is 0.143. The minimum Gasteiger partial charge on any atom is -0.399 e. The van der Waals surface area contributed by atoms with Gasteiger partial charge in [0.1, 0.15) is 5.82 Å². The van der Waals surface area contributed by atoms with Gasteiger partial charge in [-0.05, 0) is 65.3 Å². The third-order valence-electron chi connectivity index (χ3n) is 2.72. The lowest BCUT2D eigenvalue weighted by Crippen LogP contribution is -2.16. The highest BCUT2D eigenvalue weighted by Crippen LogP contribution is 2.33. The fourth-order valence-corrected chi connectivity index (χ4v) is 2.47.